The lowest BCUT2D eigenvalue weighted by Crippen LogP contribution is -2.20. The minimum atomic E-state index is -0.0514. The molecule has 0 aliphatic carbocycles. The maximum atomic E-state index is 8.84. The molecule has 6 heteroatoms. The van der Waals surface area contributed by atoms with Gasteiger partial charge in [-0.05, 0) is 29.3 Å². The predicted octanol–water partition coefficient (Wildman–Crippen LogP) is 3.32. The predicted molar refractivity (Wildman–Crippen MR) is 74.7 cm³/mol. The fourth-order valence-electron chi connectivity index (χ4n) is 2.27. The molecular formula is C14H9Cl2N3O. The van der Waals surface area contributed by atoms with Crippen molar-refractivity contribution in [3.8, 4) is 6.07 Å². The number of rotatable bonds is 1. The van der Waals surface area contributed by atoms with E-state index in [1.165, 1.54) is 0 Å². The second-order valence-corrected chi connectivity index (χ2v) is 5.14. The van der Waals surface area contributed by atoms with E-state index in [1.54, 1.807) is 12.1 Å². The molecule has 2 aromatic rings. The molecule has 0 spiro atoms. The summed E-state index contributed by atoms with van der Waals surface area (Å²) in [5.74, 6) is -0.0514. The van der Waals surface area contributed by atoms with Gasteiger partial charge in [0.1, 0.15) is 5.15 Å². The number of fused-ring (bicyclic) bond motifs is 1. The van der Waals surface area contributed by atoms with Crippen LogP contribution in [0.3, 0.4) is 0 Å². The number of hydrogen-bond donors (Lipinski definition) is 0. The molecule has 0 amide bonds. The van der Waals surface area contributed by atoms with Crippen LogP contribution in [0.5, 0.6) is 0 Å². The summed E-state index contributed by atoms with van der Waals surface area (Å²) in [5, 5.41) is 9.30. The third-order valence-corrected chi connectivity index (χ3v) is 3.75. The van der Waals surface area contributed by atoms with Gasteiger partial charge in [-0.1, -0.05) is 23.7 Å². The Morgan fingerprint density at radius 2 is 1.95 bits per heavy atom. The van der Waals surface area contributed by atoms with Crippen molar-refractivity contribution >= 4 is 23.2 Å². The summed E-state index contributed by atoms with van der Waals surface area (Å²) >= 11 is 12.0. The average Bonchev–Trinajstić information content (AvgIpc) is 2.47. The topological polar surface area (TPSA) is 58.8 Å². The SMILES string of the molecule is N#Cc1ccc(C2COCc3c(Cl)nc(Cl)nc32)cc1. The Morgan fingerprint density at radius 1 is 1.20 bits per heavy atom. The number of aromatic nitrogens is 2. The maximum absolute atomic E-state index is 8.84. The van der Waals surface area contributed by atoms with Crippen molar-refractivity contribution in [1.82, 2.24) is 9.97 Å². The van der Waals surface area contributed by atoms with Gasteiger partial charge in [-0.2, -0.15) is 5.26 Å². The largest absolute Gasteiger partial charge is 0.376 e. The van der Waals surface area contributed by atoms with Gasteiger partial charge >= 0.3 is 0 Å². The smallest absolute Gasteiger partial charge is 0.224 e. The Hall–Kier alpha value is -1.67. The first-order valence-electron chi connectivity index (χ1n) is 5.98. The Balaban J connectivity index is 2.07. The maximum Gasteiger partial charge on any atom is 0.224 e. The fourth-order valence-corrected chi connectivity index (χ4v) is 2.72. The number of nitriles is 1. The molecule has 20 heavy (non-hydrogen) atoms. The summed E-state index contributed by atoms with van der Waals surface area (Å²) in [7, 11) is 0. The first kappa shape index (κ1) is 13.3. The van der Waals surface area contributed by atoms with E-state index in [0.717, 1.165) is 16.8 Å². The van der Waals surface area contributed by atoms with Crippen LogP contribution >= 0.6 is 23.2 Å². The molecule has 2 heterocycles. The molecule has 0 N–H and O–H groups in total. The van der Waals surface area contributed by atoms with Crippen LogP contribution in [0.2, 0.25) is 10.4 Å². The minimum absolute atomic E-state index is 0.0514. The van der Waals surface area contributed by atoms with E-state index in [0.29, 0.717) is 23.9 Å². The van der Waals surface area contributed by atoms with Crippen molar-refractivity contribution in [2.75, 3.05) is 6.61 Å². The van der Waals surface area contributed by atoms with Crippen LogP contribution in [-0.4, -0.2) is 16.6 Å². The van der Waals surface area contributed by atoms with Crippen molar-refractivity contribution in [2.24, 2.45) is 0 Å². The van der Waals surface area contributed by atoms with E-state index in [4.69, 9.17) is 33.2 Å². The molecule has 1 unspecified atom stereocenters. The number of halogens is 2. The van der Waals surface area contributed by atoms with Gasteiger partial charge in [0.15, 0.2) is 0 Å². The van der Waals surface area contributed by atoms with Gasteiger partial charge in [0, 0.05) is 5.56 Å². The number of hydrogen-bond acceptors (Lipinski definition) is 4. The summed E-state index contributed by atoms with van der Waals surface area (Å²) in [5.41, 5.74) is 3.20. The summed E-state index contributed by atoms with van der Waals surface area (Å²) in [4.78, 5) is 8.24. The summed E-state index contributed by atoms with van der Waals surface area (Å²) < 4.78 is 5.57. The number of nitrogens with zero attached hydrogens (tertiary/aromatic N) is 3. The third kappa shape index (κ3) is 2.36. The summed E-state index contributed by atoms with van der Waals surface area (Å²) in [6.45, 7) is 0.890. The van der Waals surface area contributed by atoms with E-state index in [9.17, 15) is 0 Å². The van der Waals surface area contributed by atoms with Gasteiger partial charge in [-0.15, -0.1) is 0 Å². The second kappa shape index (κ2) is 5.37. The van der Waals surface area contributed by atoms with Gasteiger partial charge in [-0.3, -0.25) is 0 Å². The molecule has 1 aliphatic rings. The highest BCUT2D eigenvalue weighted by molar-refractivity contribution is 6.32. The molecular weight excluding hydrogens is 297 g/mol. The van der Waals surface area contributed by atoms with E-state index in [1.807, 2.05) is 12.1 Å². The molecule has 100 valence electrons. The number of ether oxygens (including phenoxy) is 1. The van der Waals surface area contributed by atoms with Crippen LogP contribution in [0, 0.1) is 11.3 Å². The highest BCUT2D eigenvalue weighted by Gasteiger charge is 2.27. The van der Waals surface area contributed by atoms with E-state index >= 15 is 0 Å². The van der Waals surface area contributed by atoms with Crippen molar-refractivity contribution < 1.29 is 4.74 Å². The normalized spacial score (nSPS) is 17.4. The molecule has 1 atom stereocenters. The molecule has 1 aromatic carbocycles. The number of benzene rings is 1. The van der Waals surface area contributed by atoms with Crippen LogP contribution in [0.1, 0.15) is 28.3 Å². The van der Waals surface area contributed by atoms with Gasteiger partial charge in [0.25, 0.3) is 0 Å². The Morgan fingerprint density at radius 3 is 2.65 bits per heavy atom. The summed E-state index contributed by atoms with van der Waals surface area (Å²) in [6, 6.07) is 9.43. The molecule has 0 radical (unpaired) electrons. The Bertz CT molecular complexity index is 695. The van der Waals surface area contributed by atoms with E-state index < -0.39 is 0 Å². The van der Waals surface area contributed by atoms with Crippen molar-refractivity contribution in [2.45, 2.75) is 12.5 Å². The second-order valence-electron chi connectivity index (χ2n) is 4.45. The van der Waals surface area contributed by atoms with Crippen LogP contribution in [-0.2, 0) is 11.3 Å². The highest BCUT2D eigenvalue weighted by Crippen LogP contribution is 2.34. The Labute approximate surface area is 125 Å². The zero-order chi connectivity index (χ0) is 14.1. The lowest BCUT2D eigenvalue weighted by Gasteiger charge is -2.25. The third-order valence-electron chi connectivity index (χ3n) is 3.26. The molecule has 0 saturated heterocycles. The van der Waals surface area contributed by atoms with Crippen LogP contribution in [0.4, 0.5) is 0 Å². The van der Waals surface area contributed by atoms with Gasteiger partial charge in [-0.25, -0.2) is 9.97 Å². The van der Waals surface area contributed by atoms with E-state index in [2.05, 4.69) is 16.0 Å². The van der Waals surface area contributed by atoms with Gasteiger partial charge in [0.2, 0.25) is 5.28 Å². The molecule has 1 aliphatic heterocycles. The molecule has 0 saturated carbocycles. The standard InChI is InChI=1S/C14H9Cl2N3O/c15-13-11-7-20-6-10(12(11)18-14(16)19-13)9-3-1-8(5-17)2-4-9/h1-4,10H,6-7H2. The quantitative estimate of drug-likeness (QED) is 0.599. The van der Waals surface area contributed by atoms with Crippen LogP contribution < -0.4 is 0 Å². The van der Waals surface area contributed by atoms with Crippen molar-refractivity contribution in [3.05, 3.63) is 57.1 Å². The first-order valence-corrected chi connectivity index (χ1v) is 6.74. The molecule has 1 aromatic heterocycles. The van der Waals surface area contributed by atoms with Crippen molar-refractivity contribution in [1.29, 1.82) is 5.26 Å². The average molecular weight is 306 g/mol. The summed E-state index contributed by atoms with van der Waals surface area (Å²) in [6.07, 6.45) is 0. The van der Waals surface area contributed by atoms with Crippen molar-refractivity contribution in [3.63, 3.8) is 0 Å². The fraction of sp³-hybridized carbons (Fsp3) is 0.214. The highest BCUT2D eigenvalue weighted by atomic mass is 35.5. The first-order chi connectivity index (χ1) is 9.69. The van der Waals surface area contributed by atoms with Gasteiger partial charge in [0.05, 0.1) is 36.5 Å². The van der Waals surface area contributed by atoms with Crippen LogP contribution in [0.15, 0.2) is 24.3 Å². The monoisotopic (exact) mass is 305 g/mol. The molecule has 0 fully saturated rings. The van der Waals surface area contributed by atoms with Crippen LogP contribution in [0.25, 0.3) is 0 Å². The lowest BCUT2D eigenvalue weighted by atomic mass is 9.91. The molecule has 3 rings (SSSR count). The molecule has 4 nitrogen and oxygen atoms in total. The lowest BCUT2D eigenvalue weighted by molar-refractivity contribution is 0.0973. The zero-order valence-corrected chi connectivity index (χ0v) is 11.8. The van der Waals surface area contributed by atoms with Gasteiger partial charge < -0.3 is 4.74 Å². The van der Waals surface area contributed by atoms with E-state index in [-0.39, 0.29) is 11.2 Å². The minimum Gasteiger partial charge on any atom is -0.376 e. The molecule has 0 bridgehead atoms. The Kier molecular flexibility index (Phi) is 3.58. The zero-order valence-electron chi connectivity index (χ0n) is 10.3.